The molecule has 2 amide bonds. The van der Waals surface area contributed by atoms with Crippen LogP contribution in [-0.4, -0.2) is 48.3 Å². The molecule has 0 aromatic rings. The topological polar surface area (TPSA) is 64.4 Å². The summed E-state index contributed by atoms with van der Waals surface area (Å²) >= 11 is 0. The molecule has 1 heterocycles. The van der Waals surface area contributed by atoms with Crippen LogP contribution in [0.15, 0.2) is 0 Å². The summed E-state index contributed by atoms with van der Waals surface area (Å²) in [5.41, 5.74) is -0.945. The molecule has 0 spiro atoms. The Balaban J connectivity index is 2.88. The zero-order valence-electron chi connectivity index (χ0n) is 12.1. The summed E-state index contributed by atoms with van der Waals surface area (Å²) in [6.45, 7) is 5.13. The normalized spacial score (nSPS) is 16.4. The van der Waals surface area contributed by atoms with Crippen LogP contribution in [0.5, 0.6) is 0 Å². The van der Waals surface area contributed by atoms with Gasteiger partial charge in [0.15, 0.2) is 0 Å². The first-order valence-corrected chi connectivity index (χ1v) is 6.95. The molecule has 0 aliphatic carbocycles. The van der Waals surface area contributed by atoms with Crippen LogP contribution in [0.2, 0.25) is 0 Å². The molecule has 106 valence electrons. The van der Waals surface area contributed by atoms with Crippen LogP contribution in [0.1, 0.15) is 39.5 Å². The number of rotatable bonds is 5. The largest absolute Gasteiger partial charge is 0.342 e. The van der Waals surface area contributed by atoms with E-state index in [-0.39, 0.29) is 18.4 Å². The number of likely N-dealkylation sites (N-methyl/N-ethyl adjacent to an activating group) is 1. The summed E-state index contributed by atoms with van der Waals surface area (Å²) in [6, 6.07) is 2.22. The van der Waals surface area contributed by atoms with Crippen LogP contribution in [-0.2, 0) is 9.59 Å². The van der Waals surface area contributed by atoms with Crippen molar-refractivity contribution in [2.45, 2.75) is 39.5 Å². The van der Waals surface area contributed by atoms with Gasteiger partial charge in [-0.15, -0.1) is 0 Å². The van der Waals surface area contributed by atoms with Crippen LogP contribution in [0, 0.1) is 16.7 Å². The number of hydrogen-bond donors (Lipinski definition) is 0. The monoisotopic (exact) mass is 265 g/mol. The van der Waals surface area contributed by atoms with Crippen molar-refractivity contribution in [1.82, 2.24) is 9.80 Å². The lowest BCUT2D eigenvalue weighted by Gasteiger charge is -2.37. The molecule has 1 saturated heterocycles. The standard InChI is InChI=1S/C14H23N3O2/c1-4-6-14(11-15,7-5-2)13(19)17-9-8-16(3)12(18)10-17/h4-10H2,1-3H3. The summed E-state index contributed by atoms with van der Waals surface area (Å²) < 4.78 is 0. The maximum absolute atomic E-state index is 12.6. The van der Waals surface area contributed by atoms with Gasteiger partial charge in [0.05, 0.1) is 12.6 Å². The average Bonchev–Trinajstić information content (AvgIpc) is 2.40. The van der Waals surface area contributed by atoms with Crippen molar-refractivity contribution in [2.24, 2.45) is 5.41 Å². The van der Waals surface area contributed by atoms with Gasteiger partial charge in [-0.2, -0.15) is 5.26 Å². The Hall–Kier alpha value is -1.57. The number of carbonyl (C=O) groups is 2. The molecule has 1 rings (SSSR count). The van der Waals surface area contributed by atoms with E-state index in [1.54, 1.807) is 16.8 Å². The van der Waals surface area contributed by atoms with Gasteiger partial charge < -0.3 is 9.80 Å². The minimum absolute atomic E-state index is 0.0561. The fourth-order valence-electron chi connectivity index (χ4n) is 2.59. The summed E-state index contributed by atoms with van der Waals surface area (Å²) in [6.07, 6.45) is 2.72. The quantitative estimate of drug-likeness (QED) is 0.754. The fraction of sp³-hybridized carbons (Fsp3) is 0.786. The molecule has 0 bridgehead atoms. The molecule has 1 aliphatic heterocycles. The van der Waals surface area contributed by atoms with Gasteiger partial charge in [-0.1, -0.05) is 26.7 Å². The number of carbonyl (C=O) groups excluding carboxylic acids is 2. The van der Waals surface area contributed by atoms with Crippen LogP contribution in [0.3, 0.4) is 0 Å². The molecule has 0 aromatic carbocycles. The van der Waals surface area contributed by atoms with Gasteiger partial charge in [-0.3, -0.25) is 9.59 Å². The number of hydrogen-bond acceptors (Lipinski definition) is 3. The van der Waals surface area contributed by atoms with E-state index in [2.05, 4.69) is 6.07 Å². The van der Waals surface area contributed by atoms with Gasteiger partial charge >= 0.3 is 0 Å². The lowest BCUT2D eigenvalue weighted by Crippen LogP contribution is -2.54. The third kappa shape index (κ3) is 3.25. The molecule has 0 radical (unpaired) electrons. The molecule has 5 heteroatoms. The average molecular weight is 265 g/mol. The molecule has 0 N–H and O–H groups in total. The van der Waals surface area contributed by atoms with E-state index in [0.29, 0.717) is 25.9 Å². The molecule has 19 heavy (non-hydrogen) atoms. The Bertz CT molecular complexity index is 381. The number of nitrogens with zero attached hydrogens (tertiary/aromatic N) is 3. The van der Waals surface area contributed by atoms with Crippen molar-refractivity contribution >= 4 is 11.8 Å². The highest BCUT2D eigenvalue weighted by Gasteiger charge is 2.41. The Morgan fingerprint density at radius 1 is 1.32 bits per heavy atom. The first-order valence-electron chi connectivity index (χ1n) is 6.95. The van der Waals surface area contributed by atoms with Crippen molar-refractivity contribution in [1.29, 1.82) is 5.26 Å². The number of amides is 2. The fourth-order valence-corrected chi connectivity index (χ4v) is 2.59. The van der Waals surface area contributed by atoms with Gasteiger partial charge in [-0.25, -0.2) is 0 Å². The van der Waals surface area contributed by atoms with Crippen LogP contribution in [0.4, 0.5) is 0 Å². The third-order valence-electron chi connectivity index (χ3n) is 3.72. The van der Waals surface area contributed by atoms with E-state index >= 15 is 0 Å². The summed E-state index contributed by atoms with van der Waals surface area (Å²) in [5, 5.41) is 9.46. The molecule has 0 aromatic heterocycles. The summed E-state index contributed by atoms with van der Waals surface area (Å²) in [7, 11) is 1.74. The highest BCUT2D eigenvalue weighted by atomic mass is 16.2. The SMILES string of the molecule is CCCC(C#N)(CCC)C(=O)N1CCN(C)C(=O)C1. The number of nitriles is 1. The molecule has 1 fully saturated rings. The van der Waals surface area contributed by atoms with Crippen molar-refractivity contribution in [2.75, 3.05) is 26.7 Å². The second kappa shape index (κ2) is 6.55. The van der Waals surface area contributed by atoms with E-state index in [0.717, 1.165) is 12.8 Å². The molecule has 5 nitrogen and oxygen atoms in total. The van der Waals surface area contributed by atoms with E-state index in [1.165, 1.54) is 0 Å². The molecule has 0 atom stereocenters. The van der Waals surface area contributed by atoms with Crippen molar-refractivity contribution < 1.29 is 9.59 Å². The second-order valence-electron chi connectivity index (χ2n) is 5.24. The Morgan fingerprint density at radius 2 is 1.89 bits per heavy atom. The van der Waals surface area contributed by atoms with E-state index < -0.39 is 5.41 Å². The Labute approximate surface area is 115 Å². The van der Waals surface area contributed by atoms with Gasteiger partial charge in [0.25, 0.3) is 0 Å². The predicted molar refractivity (Wildman–Crippen MR) is 72.1 cm³/mol. The van der Waals surface area contributed by atoms with Crippen LogP contribution < -0.4 is 0 Å². The van der Waals surface area contributed by atoms with Gasteiger partial charge in [-0.05, 0) is 12.8 Å². The lowest BCUT2D eigenvalue weighted by atomic mass is 9.79. The van der Waals surface area contributed by atoms with Crippen LogP contribution in [0.25, 0.3) is 0 Å². The number of piperazine rings is 1. The van der Waals surface area contributed by atoms with Gasteiger partial charge in [0.2, 0.25) is 11.8 Å². The highest BCUT2D eigenvalue weighted by molar-refractivity contribution is 5.90. The smallest absolute Gasteiger partial charge is 0.243 e. The molecule has 0 unspecified atom stereocenters. The second-order valence-corrected chi connectivity index (χ2v) is 5.24. The predicted octanol–water partition coefficient (Wildman–Crippen LogP) is 1.40. The zero-order valence-corrected chi connectivity index (χ0v) is 12.1. The first-order chi connectivity index (χ1) is 9.00. The van der Waals surface area contributed by atoms with E-state index in [4.69, 9.17) is 0 Å². The van der Waals surface area contributed by atoms with E-state index in [9.17, 15) is 14.9 Å². The maximum Gasteiger partial charge on any atom is 0.243 e. The third-order valence-corrected chi connectivity index (χ3v) is 3.72. The lowest BCUT2D eigenvalue weighted by molar-refractivity contribution is -0.149. The van der Waals surface area contributed by atoms with Crippen molar-refractivity contribution in [3.63, 3.8) is 0 Å². The molecule has 0 saturated carbocycles. The van der Waals surface area contributed by atoms with Crippen molar-refractivity contribution in [3.8, 4) is 6.07 Å². The molecular formula is C14H23N3O2. The maximum atomic E-state index is 12.6. The first kappa shape index (κ1) is 15.5. The highest BCUT2D eigenvalue weighted by Crippen LogP contribution is 2.32. The molecule has 1 aliphatic rings. The summed E-state index contributed by atoms with van der Waals surface area (Å²) in [4.78, 5) is 27.5. The van der Waals surface area contributed by atoms with E-state index in [1.807, 2.05) is 13.8 Å². The zero-order chi connectivity index (χ0) is 14.5. The molecular weight excluding hydrogens is 242 g/mol. The Kier molecular flexibility index (Phi) is 5.34. The van der Waals surface area contributed by atoms with Crippen molar-refractivity contribution in [3.05, 3.63) is 0 Å². The van der Waals surface area contributed by atoms with Gasteiger partial charge in [0, 0.05) is 20.1 Å². The van der Waals surface area contributed by atoms with Crippen LogP contribution >= 0.6 is 0 Å². The Morgan fingerprint density at radius 3 is 2.32 bits per heavy atom. The van der Waals surface area contributed by atoms with Gasteiger partial charge in [0.1, 0.15) is 5.41 Å². The minimum Gasteiger partial charge on any atom is -0.342 e. The summed E-state index contributed by atoms with van der Waals surface area (Å²) in [5.74, 6) is -0.223. The minimum atomic E-state index is -0.945.